The van der Waals surface area contributed by atoms with E-state index in [0.717, 1.165) is 23.9 Å². The number of carbonyl (C=O) groups is 1. The minimum absolute atomic E-state index is 0.113. The van der Waals surface area contributed by atoms with Crippen LogP contribution in [0, 0.1) is 0 Å². The molecule has 0 spiro atoms. The number of fused-ring (bicyclic) bond motifs is 1. The number of anilines is 1. The summed E-state index contributed by atoms with van der Waals surface area (Å²) < 4.78 is 0. The van der Waals surface area contributed by atoms with E-state index >= 15 is 0 Å². The number of nitrogen functional groups attached to an aromatic ring is 1. The predicted molar refractivity (Wildman–Crippen MR) is 81.7 cm³/mol. The molecule has 0 aliphatic rings. The van der Waals surface area contributed by atoms with E-state index in [1.807, 2.05) is 31.3 Å². The third kappa shape index (κ3) is 3.05. The molecule has 0 fully saturated rings. The number of likely N-dealkylation sites (N-methyl/N-ethyl adjacent to an activating group) is 1. The smallest absolute Gasteiger partial charge is 0.253 e. The molecule has 20 heavy (non-hydrogen) atoms. The van der Waals surface area contributed by atoms with Gasteiger partial charge in [-0.25, -0.2) is 4.98 Å². The van der Waals surface area contributed by atoms with Crippen molar-refractivity contribution in [2.24, 2.45) is 0 Å². The molecular weight excluding hydrogens is 252 g/mol. The van der Waals surface area contributed by atoms with Crippen LogP contribution in [0.2, 0.25) is 0 Å². The van der Waals surface area contributed by atoms with Gasteiger partial charge in [-0.15, -0.1) is 0 Å². The second-order valence-corrected chi connectivity index (χ2v) is 4.75. The highest BCUT2D eigenvalue weighted by atomic mass is 16.1. The number of pyridine rings is 1. The van der Waals surface area contributed by atoms with Crippen molar-refractivity contribution in [3.05, 3.63) is 36.0 Å². The van der Waals surface area contributed by atoms with Crippen LogP contribution in [-0.4, -0.2) is 42.5 Å². The Morgan fingerprint density at radius 3 is 2.75 bits per heavy atom. The first-order valence-electron chi connectivity index (χ1n) is 6.73. The SMILES string of the molecule is CCN(C)CCNC(=O)c1cnc(N)c2ccccc12. The summed E-state index contributed by atoms with van der Waals surface area (Å²) in [5.41, 5.74) is 6.40. The van der Waals surface area contributed by atoms with E-state index in [0.29, 0.717) is 17.9 Å². The van der Waals surface area contributed by atoms with Gasteiger partial charge in [0.2, 0.25) is 0 Å². The lowest BCUT2D eigenvalue weighted by atomic mass is 10.1. The Morgan fingerprint density at radius 1 is 1.35 bits per heavy atom. The molecule has 0 atom stereocenters. The Labute approximate surface area is 118 Å². The summed E-state index contributed by atoms with van der Waals surface area (Å²) >= 11 is 0. The van der Waals surface area contributed by atoms with Crippen LogP contribution < -0.4 is 11.1 Å². The molecule has 0 bridgehead atoms. The van der Waals surface area contributed by atoms with Crippen LogP contribution in [-0.2, 0) is 0 Å². The molecule has 0 radical (unpaired) electrons. The zero-order valence-corrected chi connectivity index (χ0v) is 11.9. The maximum absolute atomic E-state index is 12.2. The van der Waals surface area contributed by atoms with Crippen molar-refractivity contribution in [2.45, 2.75) is 6.92 Å². The maximum atomic E-state index is 12.2. The van der Waals surface area contributed by atoms with Crippen LogP contribution in [0.4, 0.5) is 5.82 Å². The summed E-state index contributed by atoms with van der Waals surface area (Å²) in [5.74, 6) is 0.334. The molecule has 5 nitrogen and oxygen atoms in total. The number of amides is 1. The fourth-order valence-corrected chi connectivity index (χ4v) is 2.01. The first-order valence-corrected chi connectivity index (χ1v) is 6.73. The number of rotatable bonds is 5. The predicted octanol–water partition coefficient (Wildman–Crippen LogP) is 1.50. The van der Waals surface area contributed by atoms with Gasteiger partial charge in [-0.05, 0) is 19.0 Å². The minimum Gasteiger partial charge on any atom is -0.383 e. The Balaban J connectivity index is 2.16. The Morgan fingerprint density at radius 2 is 2.05 bits per heavy atom. The van der Waals surface area contributed by atoms with E-state index in [1.165, 1.54) is 6.20 Å². The van der Waals surface area contributed by atoms with Crippen molar-refractivity contribution in [2.75, 3.05) is 32.4 Å². The molecule has 106 valence electrons. The summed E-state index contributed by atoms with van der Waals surface area (Å²) in [5, 5.41) is 4.56. The fraction of sp³-hybridized carbons (Fsp3) is 0.333. The summed E-state index contributed by atoms with van der Waals surface area (Å²) in [4.78, 5) is 18.5. The van der Waals surface area contributed by atoms with Gasteiger partial charge in [0.1, 0.15) is 5.82 Å². The summed E-state index contributed by atoms with van der Waals surface area (Å²) in [6.45, 7) is 4.48. The number of benzene rings is 1. The van der Waals surface area contributed by atoms with Gasteiger partial charge in [-0.3, -0.25) is 4.79 Å². The minimum atomic E-state index is -0.113. The largest absolute Gasteiger partial charge is 0.383 e. The first-order chi connectivity index (χ1) is 9.63. The number of hydrogen-bond acceptors (Lipinski definition) is 4. The average molecular weight is 272 g/mol. The van der Waals surface area contributed by atoms with Gasteiger partial charge in [0.25, 0.3) is 5.91 Å². The van der Waals surface area contributed by atoms with Crippen molar-refractivity contribution < 1.29 is 4.79 Å². The topological polar surface area (TPSA) is 71.2 Å². The number of aromatic nitrogens is 1. The second kappa shape index (κ2) is 6.34. The highest BCUT2D eigenvalue weighted by Gasteiger charge is 2.11. The van der Waals surface area contributed by atoms with E-state index in [1.54, 1.807) is 0 Å². The highest BCUT2D eigenvalue weighted by Crippen LogP contribution is 2.22. The van der Waals surface area contributed by atoms with Gasteiger partial charge in [0.05, 0.1) is 5.56 Å². The molecule has 5 heteroatoms. The Kier molecular flexibility index (Phi) is 4.53. The third-order valence-electron chi connectivity index (χ3n) is 3.39. The van der Waals surface area contributed by atoms with Crippen molar-refractivity contribution in [1.29, 1.82) is 0 Å². The van der Waals surface area contributed by atoms with E-state index in [4.69, 9.17) is 5.73 Å². The van der Waals surface area contributed by atoms with Gasteiger partial charge in [-0.2, -0.15) is 0 Å². The van der Waals surface area contributed by atoms with E-state index in [-0.39, 0.29) is 5.91 Å². The zero-order valence-electron chi connectivity index (χ0n) is 11.9. The van der Waals surface area contributed by atoms with Crippen molar-refractivity contribution in [3.8, 4) is 0 Å². The van der Waals surface area contributed by atoms with Gasteiger partial charge in [0.15, 0.2) is 0 Å². The van der Waals surface area contributed by atoms with E-state index in [9.17, 15) is 4.79 Å². The number of carbonyl (C=O) groups excluding carboxylic acids is 1. The lowest BCUT2D eigenvalue weighted by Crippen LogP contribution is -2.33. The molecule has 1 heterocycles. The molecule has 1 aromatic carbocycles. The van der Waals surface area contributed by atoms with Crippen LogP contribution in [0.1, 0.15) is 17.3 Å². The summed E-state index contributed by atoms with van der Waals surface area (Å²) in [6.07, 6.45) is 1.54. The molecule has 0 aliphatic heterocycles. The lowest BCUT2D eigenvalue weighted by molar-refractivity contribution is 0.0951. The van der Waals surface area contributed by atoms with E-state index < -0.39 is 0 Å². The van der Waals surface area contributed by atoms with Gasteiger partial charge in [-0.1, -0.05) is 31.2 Å². The van der Waals surface area contributed by atoms with Crippen LogP contribution >= 0.6 is 0 Å². The zero-order chi connectivity index (χ0) is 14.5. The second-order valence-electron chi connectivity index (χ2n) is 4.75. The fourth-order valence-electron chi connectivity index (χ4n) is 2.01. The molecular formula is C15H20N4O. The molecule has 0 saturated heterocycles. The van der Waals surface area contributed by atoms with Crippen molar-refractivity contribution >= 4 is 22.5 Å². The van der Waals surface area contributed by atoms with Crippen LogP contribution in [0.15, 0.2) is 30.5 Å². The normalized spacial score (nSPS) is 10.9. The molecule has 1 aromatic heterocycles. The summed E-state index contributed by atoms with van der Waals surface area (Å²) in [6, 6.07) is 7.54. The number of nitrogens with two attached hydrogens (primary N) is 1. The first kappa shape index (κ1) is 14.3. The quantitative estimate of drug-likeness (QED) is 0.865. The van der Waals surface area contributed by atoms with Crippen molar-refractivity contribution in [3.63, 3.8) is 0 Å². The standard InChI is InChI=1S/C15H20N4O/c1-3-19(2)9-8-17-15(20)13-10-18-14(16)12-7-5-4-6-11(12)13/h4-7,10H,3,8-9H2,1-2H3,(H2,16,18)(H,17,20). The third-order valence-corrected chi connectivity index (χ3v) is 3.39. The van der Waals surface area contributed by atoms with Gasteiger partial charge < -0.3 is 16.0 Å². The number of hydrogen-bond donors (Lipinski definition) is 2. The molecule has 0 aliphatic carbocycles. The van der Waals surface area contributed by atoms with Gasteiger partial charge >= 0.3 is 0 Å². The monoisotopic (exact) mass is 272 g/mol. The Hall–Kier alpha value is -2.14. The Bertz CT molecular complexity index is 612. The molecule has 0 unspecified atom stereocenters. The molecule has 2 rings (SSSR count). The van der Waals surface area contributed by atoms with Crippen LogP contribution in [0.3, 0.4) is 0 Å². The van der Waals surface area contributed by atoms with E-state index in [2.05, 4.69) is 22.1 Å². The summed E-state index contributed by atoms with van der Waals surface area (Å²) in [7, 11) is 2.02. The molecule has 2 aromatic rings. The van der Waals surface area contributed by atoms with Crippen molar-refractivity contribution in [1.82, 2.24) is 15.2 Å². The molecule has 3 N–H and O–H groups in total. The number of nitrogens with zero attached hydrogens (tertiary/aromatic N) is 2. The lowest BCUT2D eigenvalue weighted by Gasteiger charge is -2.14. The van der Waals surface area contributed by atoms with Gasteiger partial charge in [0, 0.05) is 24.7 Å². The molecule has 1 amide bonds. The highest BCUT2D eigenvalue weighted by molar-refractivity contribution is 6.08. The number of nitrogens with one attached hydrogen (secondary N) is 1. The van der Waals surface area contributed by atoms with Crippen LogP contribution in [0.25, 0.3) is 10.8 Å². The molecule has 0 saturated carbocycles. The van der Waals surface area contributed by atoms with Crippen LogP contribution in [0.5, 0.6) is 0 Å². The average Bonchev–Trinajstić information content (AvgIpc) is 2.47. The maximum Gasteiger partial charge on any atom is 0.253 e.